The van der Waals surface area contributed by atoms with Crippen molar-refractivity contribution >= 4 is 0 Å². The van der Waals surface area contributed by atoms with E-state index in [1.165, 1.54) is 12.1 Å². The number of ether oxygens (including phenoxy) is 2. The standard InChI is InChI=1S/C14H17F4NO2/c15-13-11(3-1-5-12(13)21-14(16,17)18)4-2-6-19-7-9-20-10-8-19/h1,3,5H,2,4,6-10H2. The van der Waals surface area contributed by atoms with Crippen LogP contribution in [0.1, 0.15) is 12.0 Å². The van der Waals surface area contributed by atoms with E-state index in [-0.39, 0.29) is 5.56 Å². The van der Waals surface area contributed by atoms with Crippen LogP contribution in [0.5, 0.6) is 5.75 Å². The molecule has 0 amide bonds. The molecule has 1 aromatic rings. The van der Waals surface area contributed by atoms with Crippen LogP contribution < -0.4 is 4.74 Å². The van der Waals surface area contributed by atoms with Crippen molar-refractivity contribution in [1.29, 1.82) is 0 Å². The van der Waals surface area contributed by atoms with Crippen molar-refractivity contribution in [2.45, 2.75) is 19.2 Å². The lowest BCUT2D eigenvalue weighted by Gasteiger charge is -2.26. The highest BCUT2D eigenvalue weighted by Crippen LogP contribution is 2.27. The van der Waals surface area contributed by atoms with Crippen molar-refractivity contribution in [2.75, 3.05) is 32.8 Å². The molecule has 2 rings (SSSR count). The summed E-state index contributed by atoms with van der Waals surface area (Å²) < 4.78 is 59.2. The molecule has 118 valence electrons. The Kier molecular flexibility index (Phi) is 5.41. The fraction of sp³-hybridized carbons (Fsp3) is 0.571. The van der Waals surface area contributed by atoms with Crippen LogP contribution in [0.2, 0.25) is 0 Å². The van der Waals surface area contributed by atoms with E-state index in [4.69, 9.17) is 4.74 Å². The van der Waals surface area contributed by atoms with Gasteiger partial charge in [-0.15, -0.1) is 13.2 Å². The highest BCUT2D eigenvalue weighted by atomic mass is 19.4. The maximum atomic E-state index is 13.9. The zero-order chi connectivity index (χ0) is 15.3. The third-order valence-electron chi connectivity index (χ3n) is 3.29. The summed E-state index contributed by atoms with van der Waals surface area (Å²) in [5, 5.41) is 0. The summed E-state index contributed by atoms with van der Waals surface area (Å²) in [5.41, 5.74) is 0.241. The molecule has 0 saturated carbocycles. The summed E-state index contributed by atoms with van der Waals surface area (Å²) in [5.74, 6) is -1.71. The molecule has 0 spiro atoms. The Hall–Kier alpha value is -1.34. The molecule has 0 aromatic heterocycles. The number of morpholine rings is 1. The van der Waals surface area contributed by atoms with E-state index >= 15 is 0 Å². The van der Waals surface area contributed by atoms with Gasteiger partial charge in [0.1, 0.15) is 0 Å². The Morgan fingerprint density at radius 1 is 1.19 bits per heavy atom. The average Bonchev–Trinajstić information content (AvgIpc) is 2.43. The zero-order valence-corrected chi connectivity index (χ0v) is 11.5. The second-order valence-corrected chi connectivity index (χ2v) is 4.83. The fourth-order valence-corrected chi connectivity index (χ4v) is 2.27. The Morgan fingerprint density at radius 2 is 1.90 bits per heavy atom. The molecule has 1 fully saturated rings. The third kappa shape index (κ3) is 5.17. The average molecular weight is 307 g/mol. The fourth-order valence-electron chi connectivity index (χ4n) is 2.27. The van der Waals surface area contributed by atoms with Gasteiger partial charge in [0.05, 0.1) is 13.2 Å². The van der Waals surface area contributed by atoms with Crippen LogP contribution in [0.4, 0.5) is 17.6 Å². The summed E-state index contributed by atoms with van der Waals surface area (Å²) in [6.07, 6.45) is -3.84. The van der Waals surface area contributed by atoms with Crippen LogP contribution >= 0.6 is 0 Å². The number of hydrogen-bond donors (Lipinski definition) is 0. The van der Waals surface area contributed by atoms with Gasteiger partial charge in [0, 0.05) is 13.1 Å². The minimum absolute atomic E-state index is 0.241. The number of hydrogen-bond acceptors (Lipinski definition) is 3. The van der Waals surface area contributed by atoms with Crippen molar-refractivity contribution in [1.82, 2.24) is 4.90 Å². The third-order valence-corrected chi connectivity index (χ3v) is 3.29. The number of nitrogens with zero attached hydrogens (tertiary/aromatic N) is 1. The monoisotopic (exact) mass is 307 g/mol. The van der Waals surface area contributed by atoms with Crippen molar-refractivity contribution in [2.24, 2.45) is 0 Å². The first-order valence-electron chi connectivity index (χ1n) is 6.79. The topological polar surface area (TPSA) is 21.7 Å². The van der Waals surface area contributed by atoms with Crippen molar-refractivity contribution in [3.05, 3.63) is 29.6 Å². The molecule has 1 heterocycles. The maximum absolute atomic E-state index is 13.9. The van der Waals surface area contributed by atoms with Gasteiger partial charge in [-0.05, 0) is 31.0 Å². The summed E-state index contributed by atoms with van der Waals surface area (Å²) in [4.78, 5) is 2.19. The quantitative estimate of drug-likeness (QED) is 0.781. The maximum Gasteiger partial charge on any atom is 0.573 e. The van der Waals surface area contributed by atoms with E-state index in [0.717, 1.165) is 25.7 Å². The van der Waals surface area contributed by atoms with E-state index in [0.29, 0.717) is 26.1 Å². The molecule has 0 unspecified atom stereocenters. The van der Waals surface area contributed by atoms with Gasteiger partial charge in [-0.2, -0.15) is 0 Å². The Morgan fingerprint density at radius 3 is 2.57 bits per heavy atom. The molecule has 1 saturated heterocycles. The number of halogens is 4. The molecule has 0 N–H and O–H groups in total. The van der Waals surface area contributed by atoms with Gasteiger partial charge in [-0.3, -0.25) is 4.90 Å². The largest absolute Gasteiger partial charge is 0.573 e. The minimum atomic E-state index is -4.88. The summed E-state index contributed by atoms with van der Waals surface area (Å²) in [6, 6.07) is 3.83. The lowest BCUT2D eigenvalue weighted by atomic mass is 10.1. The van der Waals surface area contributed by atoms with E-state index in [9.17, 15) is 17.6 Å². The number of aryl methyl sites for hydroxylation is 1. The Bertz CT molecular complexity index is 459. The van der Waals surface area contributed by atoms with Gasteiger partial charge >= 0.3 is 6.36 Å². The molecule has 1 aromatic carbocycles. The van der Waals surface area contributed by atoms with Gasteiger partial charge in [0.2, 0.25) is 0 Å². The van der Waals surface area contributed by atoms with E-state index in [1.807, 2.05) is 0 Å². The first-order chi connectivity index (χ1) is 9.96. The van der Waals surface area contributed by atoms with Crippen LogP contribution in [0.3, 0.4) is 0 Å². The van der Waals surface area contributed by atoms with Gasteiger partial charge in [0.15, 0.2) is 11.6 Å². The SMILES string of the molecule is Fc1c(CCCN2CCOCC2)cccc1OC(F)(F)F. The lowest BCUT2D eigenvalue weighted by Crippen LogP contribution is -2.36. The normalized spacial score (nSPS) is 17.0. The Labute approximate surface area is 120 Å². The molecule has 7 heteroatoms. The highest BCUT2D eigenvalue weighted by Gasteiger charge is 2.32. The van der Waals surface area contributed by atoms with E-state index in [2.05, 4.69) is 9.64 Å². The first kappa shape index (κ1) is 16.0. The second-order valence-electron chi connectivity index (χ2n) is 4.83. The first-order valence-corrected chi connectivity index (χ1v) is 6.79. The van der Waals surface area contributed by atoms with E-state index < -0.39 is 17.9 Å². The predicted octanol–water partition coefficient (Wildman–Crippen LogP) is 2.99. The van der Waals surface area contributed by atoms with Gasteiger partial charge < -0.3 is 9.47 Å². The van der Waals surface area contributed by atoms with Gasteiger partial charge in [-0.25, -0.2) is 4.39 Å². The van der Waals surface area contributed by atoms with Crippen LogP contribution in [0, 0.1) is 5.82 Å². The molecule has 3 nitrogen and oxygen atoms in total. The van der Waals surface area contributed by atoms with Crippen LogP contribution in [-0.2, 0) is 11.2 Å². The Balaban J connectivity index is 1.89. The van der Waals surface area contributed by atoms with Crippen molar-refractivity contribution in [3.63, 3.8) is 0 Å². The zero-order valence-electron chi connectivity index (χ0n) is 11.5. The molecular formula is C14H17F4NO2. The minimum Gasteiger partial charge on any atom is -0.403 e. The second kappa shape index (κ2) is 7.09. The van der Waals surface area contributed by atoms with Gasteiger partial charge in [0.25, 0.3) is 0 Å². The molecule has 0 aliphatic carbocycles. The van der Waals surface area contributed by atoms with E-state index in [1.54, 1.807) is 0 Å². The van der Waals surface area contributed by atoms with Crippen LogP contribution in [-0.4, -0.2) is 44.1 Å². The van der Waals surface area contributed by atoms with Crippen molar-refractivity contribution in [3.8, 4) is 5.75 Å². The number of alkyl halides is 3. The van der Waals surface area contributed by atoms with Crippen LogP contribution in [0.15, 0.2) is 18.2 Å². The lowest BCUT2D eigenvalue weighted by molar-refractivity contribution is -0.275. The summed E-state index contributed by atoms with van der Waals surface area (Å²) >= 11 is 0. The molecule has 1 aliphatic rings. The molecule has 1 aliphatic heterocycles. The molecule has 21 heavy (non-hydrogen) atoms. The molecule has 0 radical (unpaired) electrons. The smallest absolute Gasteiger partial charge is 0.403 e. The van der Waals surface area contributed by atoms with Gasteiger partial charge in [-0.1, -0.05) is 12.1 Å². The van der Waals surface area contributed by atoms with Crippen LogP contribution in [0.25, 0.3) is 0 Å². The predicted molar refractivity (Wildman–Crippen MR) is 68.7 cm³/mol. The molecule has 0 atom stereocenters. The highest BCUT2D eigenvalue weighted by molar-refractivity contribution is 5.31. The number of benzene rings is 1. The molecular weight excluding hydrogens is 290 g/mol. The summed E-state index contributed by atoms with van der Waals surface area (Å²) in [7, 11) is 0. The molecule has 0 bridgehead atoms. The number of rotatable bonds is 5. The summed E-state index contributed by atoms with van der Waals surface area (Å²) in [6.45, 7) is 3.80. The van der Waals surface area contributed by atoms with Crippen molar-refractivity contribution < 1.29 is 27.0 Å².